The van der Waals surface area contributed by atoms with E-state index in [1.54, 1.807) is 0 Å². The van der Waals surface area contributed by atoms with E-state index in [9.17, 15) is 0 Å². The van der Waals surface area contributed by atoms with Crippen molar-refractivity contribution < 1.29 is 0 Å². The predicted octanol–water partition coefficient (Wildman–Crippen LogP) is 4.82. The molecule has 0 amide bonds. The van der Waals surface area contributed by atoms with Crippen LogP contribution in [0, 0.1) is 13.8 Å². The SMILES string of the molecule is CCN(CC)Cc1ccccc1NCc1cc(C)sc1C. The molecule has 0 saturated carbocycles. The van der Waals surface area contributed by atoms with Gasteiger partial charge in [-0.2, -0.15) is 0 Å². The fraction of sp³-hybridized carbons (Fsp3) is 0.444. The average Bonchev–Trinajstić information content (AvgIpc) is 2.81. The summed E-state index contributed by atoms with van der Waals surface area (Å²) in [6.45, 7) is 12.9. The molecular formula is C18H26N2S. The van der Waals surface area contributed by atoms with Crippen LogP contribution in [0.1, 0.15) is 34.7 Å². The highest BCUT2D eigenvalue weighted by molar-refractivity contribution is 7.12. The number of aryl methyl sites for hydroxylation is 2. The van der Waals surface area contributed by atoms with Gasteiger partial charge in [0.1, 0.15) is 0 Å². The molecule has 3 heteroatoms. The maximum Gasteiger partial charge on any atom is 0.0411 e. The summed E-state index contributed by atoms with van der Waals surface area (Å²) in [5, 5.41) is 3.62. The van der Waals surface area contributed by atoms with Crippen LogP contribution in [0.5, 0.6) is 0 Å². The molecule has 1 aromatic carbocycles. The molecule has 0 aliphatic heterocycles. The van der Waals surface area contributed by atoms with E-state index in [2.05, 4.69) is 68.2 Å². The number of hydrogen-bond acceptors (Lipinski definition) is 3. The smallest absolute Gasteiger partial charge is 0.0411 e. The van der Waals surface area contributed by atoms with Crippen molar-refractivity contribution in [3.05, 3.63) is 51.2 Å². The first-order valence-corrected chi connectivity index (χ1v) is 8.55. The minimum atomic E-state index is 0.908. The Morgan fingerprint density at radius 3 is 2.38 bits per heavy atom. The van der Waals surface area contributed by atoms with Crippen molar-refractivity contribution in [3.63, 3.8) is 0 Å². The van der Waals surface area contributed by atoms with Gasteiger partial charge in [-0.15, -0.1) is 11.3 Å². The topological polar surface area (TPSA) is 15.3 Å². The Morgan fingerprint density at radius 1 is 1.05 bits per heavy atom. The minimum absolute atomic E-state index is 0.908. The molecule has 0 radical (unpaired) electrons. The van der Waals surface area contributed by atoms with E-state index >= 15 is 0 Å². The molecule has 0 aliphatic carbocycles. The first-order chi connectivity index (χ1) is 10.1. The van der Waals surface area contributed by atoms with Crippen LogP contribution in [-0.2, 0) is 13.1 Å². The molecule has 0 aliphatic rings. The van der Waals surface area contributed by atoms with Gasteiger partial charge in [-0.1, -0.05) is 32.0 Å². The molecule has 114 valence electrons. The fourth-order valence-corrected chi connectivity index (χ4v) is 3.51. The maximum absolute atomic E-state index is 3.62. The Bertz CT molecular complexity index is 570. The van der Waals surface area contributed by atoms with Crippen LogP contribution in [0.3, 0.4) is 0 Å². The average molecular weight is 302 g/mol. The van der Waals surface area contributed by atoms with E-state index in [1.165, 1.54) is 26.6 Å². The van der Waals surface area contributed by atoms with Crippen LogP contribution in [0.25, 0.3) is 0 Å². The fourth-order valence-electron chi connectivity index (χ4n) is 2.57. The van der Waals surface area contributed by atoms with Crippen LogP contribution in [-0.4, -0.2) is 18.0 Å². The third-order valence-electron chi connectivity index (χ3n) is 3.92. The molecule has 0 bridgehead atoms. The molecule has 2 aromatic rings. The molecule has 1 N–H and O–H groups in total. The summed E-state index contributed by atoms with van der Waals surface area (Å²) in [7, 11) is 0. The Hall–Kier alpha value is -1.32. The van der Waals surface area contributed by atoms with Gasteiger partial charge in [0.15, 0.2) is 0 Å². The van der Waals surface area contributed by atoms with Gasteiger partial charge in [0.05, 0.1) is 0 Å². The monoisotopic (exact) mass is 302 g/mol. The predicted molar refractivity (Wildman–Crippen MR) is 94.2 cm³/mol. The van der Waals surface area contributed by atoms with Crippen LogP contribution < -0.4 is 5.32 Å². The van der Waals surface area contributed by atoms with Gasteiger partial charge in [0.2, 0.25) is 0 Å². The molecule has 1 aromatic heterocycles. The first-order valence-electron chi connectivity index (χ1n) is 7.74. The summed E-state index contributed by atoms with van der Waals surface area (Å²) in [5.41, 5.74) is 4.05. The second-order valence-corrected chi connectivity index (χ2v) is 6.87. The molecule has 2 rings (SSSR count). The van der Waals surface area contributed by atoms with Crippen LogP contribution >= 0.6 is 11.3 Å². The molecule has 21 heavy (non-hydrogen) atoms. The molecular weight excluding hydrogens is 276 g/mol. The molecule has 0 unspecified atom stereocenters. The van der Waals surface area contributed by atoms with Crippen molar-refractivity contribution in [1.82, 2.24) is 4.90 Å². The maximum atomic E-state index is 3.62. The van der Waals surface area contributed by atoms with Crippen LogP contribution in [0.15, 0.2) is 30.3 Å². The third kappa shape index (κ3) is 4.32. The van der Waals surface area contributed by atoms with Gasteiger partial charge < -0.3 is 5.32 Å². The van der Waals surface area contributed by atoms with Gasteiger partial charge >= 0.3 is 0 Å². The van der Waals surface area contributed by atoms with Crippen LogP contribution in [0.4, 0.5) is 5.69 Å². The second kappa shape index (κ2) is 7.62. The van der Waals surface area contributed by atoms with Gasteiger partial charge in [-0.3, -0.25) is 4.90 Å². The number of para-hydroxylation sites is 1. The third-order valence-corrected chi connectivity index (χ3v) is 4.93. The Labute approximate surface area is 132 Å². The second-order valence-electron chi connectivity index (χ2n) is 5.41. The van der Waals surface area contributed by atoms with Crippen molar-refractivity contribution in [2.45, 2.75) is 40.8 Å². The van der Waals surface area contributed by atoms with Crippen molar-refractivity contribution in [1.29, 1.82) is 0 Å². The summed E-state index contributed by atoms with van der Waals surface area (Å²) in [6, 6.07) is 10.9. The number of hydrogen-bond donors (Lipinski definition) is 1. The Morgan fingerprint density at radius 2 is 1.76 bits per heavy atom. The quantitative estimate of drug-likeness (QED) is 0.789. The summed E-state index contributed by atoms with van der Waals surface area (Å²) < 4.78 is 0. The number of nitrogens with zero attached hydrogens (tertiary/aromatic N) is 1. The van der Waals surface area contributed by atoms with E-state index in [0.717, 1.165) is 26.2 Å². The molecule has 0 atom stereocenters. The molecule has 1 heterocycles. The van der Waals surface area contributed by atoms with Gasteiger partial charge in [0.25, 0.3) is 0 Å². The van der Waals surface area contributed by atoms with Gasteiger partial charge in [0, 0.05) is 28.5 Å². The van der Waals surface area contributed by atoms with Crippen LogP contribution in [0.2, 0.25) is 0 Å². The lowest BCUT2D eigenvalue weighted by Gasteiger charge is -2.20. The summed E-state index contributed by atoms with van der Waals surface area (Å²) >= 11 is 1.88. The Kier molecular flexibility index (Phi) is 5.83. The van der Waals surface area contributed by atoms with E-state index < -0.39 is 0 Å². The highest BCUT2D eigenvalue weighted by Crippen LogP contribution is 2.23. The number of anilines is 1. The van der Waals surface area contributed by atoms with Crippen molar-refractivity contribution in [2.24, 2.45) is 0 Å². The number of thiophene rings is 1. The van der Waals surface area contributed by atoms with Crippen molar-refractivity contribution >= 4 is 17.0 Å². The van der Waals surface area contributed by atoms with Crippen molar-refractivity contribution in [3.8, 4) is 0 Å². The summed E-state index contributed by atoms with van der Waals surface area (Å²) in [4.78, 5) is 5.25. The summed E-state index contributed by atoms with van der Waals surface area (Å²) in [6.07, 6.45) is 0. The van der Waals surface area contributed by atoms with E-state index in [1.807, 2.05) is 11.3 Å². The standard InChI is InChI=1S/C18H26N2S/c1-5-20(6-2)13-16-9-7-8-10-18(16)19-12-17-11-14(3)21-15(17)4/h7-11,19H,5-6,12-13H2,1-4H3. The lowest BCUT2D eigenvalue weighted by Crippen LogP contribution is -2.22. The number of nitrogens with one attached hydrogen (secondary N) is 1. The number of rotatable bonds is 7. The lowest BCUT2D eigenvalue weighted by atomic mass is 10.1. The zero-order valence-electron chi connectivity index (χ0n) is 13.6. The van der Waals surface area contributed by atoms with E-state index in [-0.39, 0.29) is 0 Å². The first kappa shape index (κ1) is 16.1. The van der Waals surface area contributed by atoms with E-state index in [4.69, 9.17) is 0 Å². The largest absolute Gasteiger partial charge is 0.381 e. The van der Waals surface area contributed by atoms with E-state index in [0.29, 0.717) is 0 Å². The van der Waals surface area contributed by atoms with Crippen molar-refractivity contribution in [2.75, 3.05) is 18.4 Å². The summed E-state index contributed by atoms with van der Waals surface area (Å²) in [5.74, 6) is 0. The minimum Gasteiger partial charge on any atom is -0.381 e. The van der Waals surface area contributed by atoms with Gasteiger partial charge in [-0.25, -0.2) is 0 Å². The highest BCUT2D eigenvalue weighted by atomic mass is 32.1. The Balaban J connectivity index is 2.07. The zero-order valence-corrected chi connectivity index (χ0v) is 14.4. The molecule has 0 spiro atoms. The van der Waals surface area contributed by atoms with Gasteiger partial charge in [-0.05, 0) is 50.2 Å². The number of benzene rings is 1. The zero-order chi connectivity index (χ0) is 15.2. The molecule has 2 nitrogen and oxygen atoms in total. The normalized spacial score (nSPS) is 11.1. The molecule has 0 saturated heterocycles. The lowest BCUT2D eigenvalue weighted by molar-refractivity contribution is 0.296. The highest BCUT2D eigenvalue weighted by Gasteiger charge is 2.07. The molecule has 0 fully saturated rings.